The Balaban J connectivity index is 1.59. The molecular weight excluding hydrogens is 446 g/mol. The molecule has 1 heterocycles. The Bertz CT molecular complexity index is 890. The number of hydrogen-bond acceptors (Lipinski definition) is 5. The Morgan fingerprint density at radius 2 is 1.73 bits per heavy atom. The summed E-state index contributed by atoms with van der Waals surface area (Å²) in [5, 5.41) is 33.4. The molecule has 0 radical (unpaired) electrons. The van der Waals surface area contributed by atoms with Gasteiger partial charge in [-0.3, -0.25) is 10.1 Å². The number of rotatable bonds is 6. The van der Waals surface area contributed by atoms with Crippen molar-refractivity contribution in [3.63, 3.8) is 0 Å². The van der Waals surface area contributed by atoms with Crippen molar-refractivity contribution in [1.29, 1.82) is 5.26 Å². The number of likely N-dealkylation sites (tertiary alicyclic amines) is 1. The molecule has 6 nitrogen and oxygen atoms in total. The SMILES string of the molecule is CC(NC(O)C(O)C(=O)N1CCC(C#N)(c2ccccc2)CC1)c1ccc(Br)cc1. The first-order chi connectivity index (χ1) is 14.4. The Labute approximate surface area is 185 Å². The Morgan fingerprint density at radius 3 is 2.30 bits per heavy atom. The van der Waals surface area contributed by atoms with Gasteiger partial charge in [-0.25, -0.2) is 0 Å². The fourth-order valence-electron chi connectivity index (χ4n) is 3.85. The van der Waals surface area contributed by atoms with Crippen molar-refractivity contribution in [1.82, 2.24) is 10.2 Å². The number of nitriles is 1. The third-order valence-corrected chi connectivity index (χ3v) is 6.34. The summed E-state index contributed by atoms with van der Waals surface area (Å²) in [7, 11) is 0. The fraction of sp³-hybridized carbons (Fsp3) is 0.391. The molecular formula is C23H26BrN3O3. The molecule has 0 saturated carbocycles. The van der Waals surface area contributed by atoms with Gasteiger partial charge in [0.15, 0.2) is 6.10 Å². The number of piperidine rings is 1. The second kappa shape index (κ2) is 9.71. The van der Waals surface area contributed by atoms with Crippen molar-refractivity contribution in [3.05, 3.63) is 70.2 Å². The van der Waals surface area contributed by atoms with E-state index >= 15 is 0 Å². The molecule has 0 bridgehead atoms. The second-order valence-electron chi connectivity index (χ2n) is 7.71. The zero-order valence-corrected chi connectivity index (χ0v) is 18.4. The van der Waals surface area contributed by atoms with Gasteiger partial charge in [-0.2, -0.15) is 5.26 Å². The van der Waals surface area contributed by atoms with Crippen LogP contribution in [0.1, 0.15) is 36.9 Å². The average Bonchev–Trinajstić information content (AvgIpc) is 2.79. The maximum absolute atomic E-state index is 12.7. The van der Waals surface area contributed by atoms with E-state index in [1.165, 1.54) is 4.90 Å². The number of aliphatic hydroxyl groups excluding tert-OH is 2. The lowest BCUT2D eigenvalue weighted by Gasteiger charge is -2.38. The predicted octanol–water partition coefficient (Wildman–Crippen LogP) is 2.86. The molecule has 158 valence electrons. The van der Waals surface area contributed by atoms with E-state index in [9.17, 15) is 20.3 Å². The monoisotopic (exact) mass is 471 g/mol. The van der Waals surface area contributed by atoms with Gasteiger partial charge in [-0.1, -0.05) is 58.4 Å². The topological polar surface area (TPSA) is 96.6 Å². The first-order valence-electron chi connectivity index (χ1n) is 9.99. The van der Waals surface area contributed by atoms with Crippen LogP contribution in [-0.4, -0.2) is 46.4 Å². The molecule has 0 spiro atoms. The minimum absolute atomic E-state index is 0.249. The van der Waals surface area contributed by atoms with E-state index in [1.807, 2.05) is 61.5 Å². The average molecular weight is 472 g/mol. The molecule has 3 atom stereocenters. The van der Waals surface area contributed by atoms with E-state index in [0.29, 0.717) is 25.9 Å². The van der Waals surface area contributed by atoms with Crippen molar-refractivity contribution in [2.75, 3.05) is 13.1 Å². The summed E-state index contributed by atoms with van der Waals surface area (Å²) >= 11 is 3.38. The van der Waals surface area contributed by atoms with Crippen LogP contribution < -0.4 is 5.32 Å². The molecule has 3 N–H and O–H groups in total. The van der Waals surface area contributed by atoms with E-state index < -0.39 is 23.7 Å². The molecule has 0 aromatic heterocycles. The molecule has 1 aliphatic rings. The molecule has 1 aliphatic heterocycles. The van der Waals surface area contributed by atoms with E-state index in [4.69, 9.17) is 0 Å². The van der Waals surface area contributed by atoms with Crippen LogP contribution in [0.3, 0.4) is 0 Å². The number of benzene rings is 2. The van der Waals surface area contributed by atoms with Gasteiger partial charge in [0.1, 0.15) is 6.23 Å². The molecule has 2 aromatic rings. The van der Waals surface area contributed by atoms with Gasteiger partial charge in [-0.15, -0.1) is 0 Å². The van der Waals surface area contributed by atoms with Crippen LogP contribution in [0.25, 0.3) is 0 Å². The van der Waals surface area contributed by atoms with Gasteiger partial charge in [0.05, 0.1) is 11.5 Å². The highest BCUT2D eigenvalue weighted by Gasteiger charge is 2.39. The summed E-state index contributed by atoms with van der Waals surface area (Å²) < 4.78 is 0.947. The highest BCUT2D eigenvalue weighted by atomic mass is 79.9. The number of amides is 1. The minimum Gasteiger partial charge on any atom is -0.379 e. The lowest BCUT2D eigenvalue weighted by Crippen LogP contribution is -2.53. The molecule has 7 heteroatoms. The largest absolute Gasteiger partial charge is 0.379 e. The van der Waals surface area contributed by atoms with Crippen LogP contribution >= 0.6 is 15.9 Å². The Morgan fingerprint density at radius 1 is 1.13 bits per heavy atom. The highest BCUT2D eigenvalue weighted by Crippen LogP contribution is 2.35. The van der Waals surface area contributed by atoms with Crippen molar-refractivity contribution < 1.29 is 15.0 Å². The zero-order chi connectivity index (χ0) is 21.7. The van der Waals surface area contributed by atoms with E-state index in [1.54, 1.807) is 0 Å². The third-order valence-electron chi connectivity index (χ3n) is 5.81. The molecule has 1 saturated heterocycles. The summed E-state index contributed by atoms with van der Waals surface area (Å²) in [5.74, 6) is -0.530. The maximum atomic E-state index is 12.7. The number of carbonyl (C=O) groups is 1. The predicted molar refractivity (Wildman–Crippen MR) is 117 cm³/mol. The Kier molecular flexibility index (Phi) is 7.27. The molecule has 3 unspecified atom stereocenters. The number of carbonyl (C=O) groups excluding carboxylic acids is 1. The normalized spacial score (nSPS) is 18.8. The summed E-state index contributed by atoms with van der Waals surface area (Å²) in [6.07, 6.45) is -1.99. The summed E-state index contributed by atoms with van der Waals surface area (Å²) in [5.41, 5.74) is 1.25. The summed E-state index contributed by atoms with van der Waals surface area (Å²) in [4.78, 5) is 14.3. The molecule has 1 fully saturated rings. The van der Waals surface area contributed by atoms with Gasteiger partial charge >= 0.3 is 0 Å². The summed E-state index contributed by atoms with van der Waals surface area (Å²) in [6.45, 7) is 2.56. The highest BCUT2D eigenvalue weighted by molar-refractivity contribution is 9.10. The molecule has 0 aliphatic carbocycles. The lowest BCUT2D eigenvalue weighted by atomic mass is 9.74. The third kappa shape index (κ3) is 4.90. The first-order valence-corrected chi connectivity index (χ1v) is 10.8. The first kappa shape index (κ1) is 22.4. The van der Waals surface area contributed by atoms with Crippen molar-refractivity contribution in [3.8, 4) is 6.07 Å². The van der Waals surface area contributed by atoms with Crippen LogP contribution in [0, 0.1) is 11.3 Å². The fourth-order valence-corrected chi connectivity index (χ4v) is 4.11. The van der Waals surface area contributed by atoms with Crippen molar-refractivity contribution in [2.24, 2.45) is 0 Å². The van der Waals surface area contributed by atoms with Crippen LogP contribution in [0.15, 0.2) is 59.1 Å². The van der Waals surface area contributed by atoms with Gasteiger partial charge in [0.2, 0.25) is 0 Å². The smallest absolute Gasteiger partial charge is 0.255 e. The van der Waals surface area contributed by atoms with Crippen molar-refractivity contribution >= 4 is 21.8 Å². The molecule has 30 heavy (non-hydrogen) atoms. The number of nitrogens with zero attached hydrogens (tertiary/aromatic N) is 2. The van der Waals surface area contributed by atoms with Gasteiger partial charge in [-0.05, 0) is 43.0 Å². The van der Waals surface area contributed by atoms with Crippen LogP contribution in [0.4, 0.5) is 0 Å². The summed E-state index contributed by atoms with van der Waals surface area (Å²) in [6, 6.07) is 19.4. The Hall–Kier alpha value is -2.24. The second-order valence-corrected chi connectivity index (χ2v) is 8.63. The number of halogens is 1. The van der Waals surface area contributed by atoms with Gasteiger partial charge in [0.25, 0.3) is 5.91 Å². The minimum atomic E-state index is -1.57. The van der Waals surface area contributed by atoms with Crippen LogP contribution in [-0.2, 0) is 10.2 Å². The number of aliphatic hydroxyl groups is 2. The zero-order valence-electron chi connectivity index (χ0n) is 16.8. The van der Waals surface area contributed by atoms with Crippen LogP contribution in [0.2, 0.25) is 0 Å². The number of hydrogen-bond donors (Lipinski definition) is 3. The van der Waals surface area contributed by atoms with Crippen molar-refractivity contribution in [2.45, 2.75) is 43.6 Å². The standard InChI is InChI=1S/C23H26BrN3O3/c1-16(17-7-9-19(24)10-8-17)26-21(29)20(28)22(30)27-13-11-23(15-25,12-14-27)18-5-3-2-4-6-18/h2-10,16,20-21,26,28-29H,11-14H2,1H3. The number of nitrogens with one attached hydrogen (secondary N) is 1. The molecule has 3 rings (SSSR count). The van der Waals surface area contributed by atoms with E-state index in [-0.39, 0.29) is 6.04 Å². The van der Waals surface area contributed by atoms with Crippen LogP contribution in [0.5, 0.6) is 0 Å². The van der Waals surface area contributed by atoms with Gasteiger partial charge < -0.3 is 15.1 Å². The molecule has 1 amide bonds. The van der Waals surface area contributed by atoms with E-state index in [0.717, 1.165) is 15.6 Å². The van der Waals surface area contributed by atoms with Gasteiger partial charge in [0, 0.05) is 23.6 Å². The maximum Gasteiger partial charge on any atom is 0.255 e. The molecule has 2 aromatic carbocycles. The lowest BCUT2D eigenvalue weighted by molar-refractivity contribution is -0.149. The quantitative estimate of drug-likeness (QED) is 0.562. The van der Waals surface area contributed by atoms with E-state index in [2.05, 4.69) is 27.3 Å².